The number of nitrogens with one attached hydrogen (secondary N) is 1. The molecule has 4 aromatic rings. The van der Waals surface area contributed by atoms with Crippen LogP contribution in [0.1, 0.15) is 47.1 Å². The van der Waals surface area contributed by atoms with Gasteiger partial charge in [0.2, 0.25) is 11.6 Å². The van der Waals surface area contributed by atoms with Gasteiger partial charge >= 0.3 is 0 Å². The molecule has 0 aromatic heterocycles. The van der Waals surface area contributed by atoms with Crippen molar-refractivity contribution in [1.29, 1.82) is 0 Å². The molecule has 1 aliphatic rings. The average Bonchev–Trinajstić information content (AvgIpc) is 2.90. The van der Waals surface area contributed by atoms with Crippen LogP contribution in [0.2, 0.25) is 0 Å². The minimum absolute atomic E-state index is 0.0652. The van der Waals surface area contributed by atoms with E-state index in [1.54, 1.807) is 66.7 Å². The molecule has 0 heterocycles. The first kappa shape index (κ1) is 25.7. The molecule has 0 aliphatic heterocycles. The Morgan fingerprint density at radius 3 is 1.71 bits per heavy atom. The number of carbonyl (C=O) groups is 2. The fourth-order valence-corrected chi connectivity index (χ4v) is 5.19. The second kappa shape index (κ2) is 9.76. The van der Waals surface area contributed by atoms with E-state index in [2.05, 4.69) is 21.2 Å². The van der Waals surface area contributed by atoms with Gasteiger partial charge in [-0.05, 0) is 56.7 Å². The highest BCUT2D eigenvalue weighted by molar-refractivity contribution is 9.12. The Morgan fingerprint density at radius 2 is 1.16 bits per heavy atom. The Labute approximate surface area is 228 Å². The number of hydrogen-bond acceptors (Lipinski definition) is 3. The van der Waals surface area contributed by atoms with Crippen LogP contribution in [0.15, 0.2) is 95.1 Å². The van der Waals surface area contributed by atoms with E-state index in [1.165, 1.54) is 12.1 Å². The van der Waals surface area contributed by atoms with Crippen LogP contribution in [0.4, 0.5) is 14.5 Å². The molecule has 1 aliphatic carbocycles. The van der Waals surface area contributed by atoms with E-state index in [0.717, 1.165) is 5.56 Å². The Morgan fingerprint density at radius 1 is 0.658 bits per heavy atom. The van der Waals surface area contributed by atoms with E-state index in [4.69, 9.17) is 0 Å². The van der Waals surface area contributed by atoms with Crippen molar-refractivity contribution in [3.63, 3.8) is 0 Å². The zero-order chi connectivity index (χ0) is 27.2. The predicted octanol–water partition coefficient (Wildman–Crippen LogP) is 8.69. The molecule has 0 unspecified atom stereocenters. The third kappa shape index (κ3) is 4.50. The molecule has 0 radical (unpaired) electrons. The normalized spacial score (nSPS) is 13.5. The van der Waals surface area contributed by atoms with Crippen molar-refractivity contribution in [2.45, 2.75) is 26.2 Å². The lowest BCUT2D eigenvalue weighted by Gasteiger charge is -2.29. The standard InChI is InChI=1S/C32H24BrF2NO2/c1-32(2,3)24-17-18(19-10-6-8-14-25(19)34)16-23(20-11-7-9-15-26(20)35)28(24)36-29-27(33)30(37)21-12-4-5-13-22(21)31(29)38/h4-17,36H,1-3H3. The third-order valence-electron chi connectivity index (χ3n) is 6.61. The molecular weight excluding hydrogens is 548 g/mol. The molecule has 0 saturated heterocycles. The quantitative estimate of drug-likeness (QED) is 0.266. The van der Waals surface area contributed by atoms with E-state index >= 15 is 4.39 Å². The fourth-order valence-electron chi connectivity index (χ4n) is 4.69. The first-order valence-electron chi connectivity index (χ1n) is 12.1. The number of fused-ring (bicyclic) bond motifs is 1. The van der Waals surface area contributed by atoms with Gasteiger partial charge in [0.1, 0.15) is 17.3 Å². The lowest BCUT2D eigenvalue weighted by Crippen LogP contribution is -2.25. The van der Waals surface area contributed by atoms with Gasteiger partial charge in [0.05, 0.1) is 10.2 Å². The molecular formula is C32H24BrF2NO2. The Balaban J connectivity index is 1.80. The maximum Gasteiger partial charge on any atom is 0.211 e. The van der Waals surface area contributed by atoms with Crippen LogP contribution in [0, 0.1) is 11.6 Å². The van der Waals surface area contributed by atoms with Crippen LogP contribution in [0.5, 0.6) is 0 Å². The number of ketones is 2. The first-order valence-corrected chi connectivity index (χ1v) is 12.9. The van der Waals surface area contributed by atoms with E-state index in [1.807, 2.05) is 26.8 Å². The minimum atomic E-state index is -0.504. The molecule has 3 nitrogen and oxygen atoms in total. The molecule has 4 aromatic carbocycles. The molecule has 38 heavy (non-hydrogen) atoms. The highest BCUT2D eigenvalue weighted by Crippen LogP contribution is 2.44. The minimum Gasteiger partial charge on any atom is -0.351 e. The number of anilines is 1. The van der Waals surface area contributed by atoms with Gasteiger partial charge in [0, 0.05) is 27.8 Å². The summed E-state index contributed by atoms with van der Waals surface area (Å²) in [6, 6.07) is 22.9. The lowest BCUT2D eigenvalue weighted by molar-refractivity contribution is 0.0983. The molecule has 5 rings (SSSR count). The number of halogens is 3. The number of rotatable bonds is 4. The number of hydrogen-bond donors (Lipinski definition) is 1. The van der Waals surface area contributed by atoms with Crippen molar-refractivity contribution in [3.05, 3.63) is 123 Å². The van der Waals surface area contributed by atoms with Crippen LogP contribution in [-0.2, 0) is 5.41 Å². The van der Waals surface area contributed by atoms with E-state index in [0.29, 0.717) is 27.9 Å². The molecule has 190 valence electrons. The second-order valence-electron chi connectivity index (χ2n) is 10.2. The van der Waals surface area contributed by atoms with Gasteiger partial charge in [-0.1, -0.05) is 81.4 Å². The van der Waals surface area contributed by atoms with E-state index in [-0.39, 0.29) is 32.9 Å². The SMILES string of the molecule is CC(C)(C)c1cc(-c2ccccc2F)cc(-c2ccccc2F)c1NC1=C(Br)C(=O)c2ccccc2C1=O. The fraction of sp³-hybridized carbons (Fsp3) is 0.125. The largest absolute Gasteiger partial charge is 0.351 e. The molecule has 1 N–H and O–H groups in total. The molecule has 0 atom stereocenters. The molecule has 0 fully saturated rings. The van der Waals surface area contributed by atoms with Gasteiger partial charge in [-0.15, -0.1) is 0 Å². The summed E-state index contributed by atoms with van der Waals surface area (Å²) in [5, 5.41) is 3.22. The summed E-state index contributed by atoms with van der Waals surface area (Å²) in [6.45, 7) is 5.95. The lowest BCUT2D eigenvalue weighted by atomic mass is 9.81. The van der Waals surface area contributed by atoms with Crippen LogP contribution < -0.4 is 5.32 Å². The van der Waals surface area contributed by atoms with Gasteiger partial charge in [-0.3, -0.25) is 9.59 Å². The predicted molar refractivity (Wildman–Crippen MR) is 151 cm³/mol. The Bertz CT molecular complexity index is 1650. The highest BCUT2D eigenvalue weighted by atomic mass is 79.9. The summed E-state index contributed by atoms with van der Waals surface area (Å²) < 4.78 is 30.2. The average molecular weight is 572 g/mol. The van der Waals surface area contributed by atoms with Crippen molar-refractivity contribution in [1.82, 2.24) is 0 Å². The maximum absolute atomic E-state index is 15.2. The van der Waals surface area contributed by atoms with Crippen molar-refractivity contribution in [2.75, 3.05) is 5.32 Å². The summed E-state index contributed by atoms with van der Waals surface area (Å²) in [4.78, 5) is 26.7. The summed E-state index contributed by atoms with van der Waals surface area (Å²) >= 11 is 3.34. The summed E-state index contributed by atoms with van der Waals surface area (Å²) in [7, 11) is 0. The van der Waals surface area contributed by atoms with E-state index < -0.39 is 17.0 Å². The molecule has 6 heteroatoms. The maximum atomic E-state index is 15.2. The zero-order valence-electron chi connectivity index (χ0n) is 21.0. The highest BCUT2D eigenvalue weighted by Gasteiger charge is 2.33. The first-order chi connectivity index (χ1) is 18.1. The number of allylic oxidation sites excluding steroid dienone is 2. The Kier molecular flexibility index (Phi) is 6.61. The summed E-state index contributed by atoms with van der Waals surface area (Å²) in [5.74, 6) is -1.55. The van der Waals surface area contributed by atoms with Crippen LogP contribution in [-0.4, -0.2) is 11.6 Å². The van der Waals surface area contributed by atoms with Crippen molar-refractivity contribution >= 4 is 33.2 Å². The molecule has 0 spiro atoms. The van der Waals surface area contributed by atoms with Gasteiger partial charge < -0.3 is 5.32 Å². The second-order valence-corrected chi connectivity index (χ2v) is 11.0. The number of Topliss-reactive ketones (excluding diaryl/α,β-unsaturated/α-hetero) is 2. The smallest absolute Gasteiger partial charge is 0.211 e. The van der Waals surface area contributed by atoms with Crippen molar-refractivity contribution in [2.24, 2.45) is 0 Å². The van der Waals surface area contributed by atoms with Crippen molar-refractivity contribution in [3.8, 4) is 22.3 Å². The van der Waals surface area contributed by atoms with Gasteiger partial charge in [-0.2, -0.15) is 0 Å². The molecule has 0 saturated carbocycles. The Hall–Kier alpha value is -3.90. The van der Waals surface area contributed by atoms with Crippen LogP contribution >= 0.6 is 15.9 Å². The topological polar surface area (TPSA) is 46.2 Å². The molecule has 0 amide bonds. The van der Waals surface area contributed by atoms with Gasteiger partial charge in [0.25, 0.3) is 0 Å². The zero-order valence-corrected chi connectivity index (χ0v) is 22.6. The van der Waals surface area contributed by atoms with Crippen molar-refractivity contribution < 1.29 is 18.4 Å². The monoisotopic (exact) mass is 571 g/mol. The molecule has 0 bridgehead atoms. The summed E-state index contributed by atoms with van der Waals surface area (Å²) in [6.07, 6.45) is 0. The summed E-state index contributed by atoms with van der Waals surface area (Å²) in [5.41, 5.74) is 3.03. The number of benzene rings is 4. The van der Waals surface area contributed by atoms with Crippen LogP contribution in [0.25, 0.3) is 22.3 Å². The van der Waals surface area contributed by atoms with Gasteiger partial charge in [0.15, 0.2) is 0 Å². The van der Waals surface area contributed by atoms with Crippen LogP contribution in [0.3, 0.4) is 0 Å². The van der Waals surface area contributed by atoms with Gasteiger partial charge in [-0.25, -0.2) is 8.78 Å². The third-order valence-corrected chi connectivity index (χ3v) is 7.36. The van der Waals surface area contributed by atoms with E-state index in [9.17, 15) is 14.0 Å². The number of carbonyl (C=O) groups excluding carboxylic acids is 2.